The van der Waals surface area contributed by atoms with Gasteiger partial charge in [0.2, 0.25) is 0 Å². The van der Waals surface area contributed by atoms with Gasteiger partial charge in [0.1, 0.15) is 4.60 Å². The van der Waals surface area contributed by atoms with E-state index in [0.29, 0.717) is 12.5 Å². The second-order valence-electron chi connectivity index (χ2n) is 4.15. The first-order chi connectivity index (χ1) is 8.24. The molecule has 2 rings (SSSR count). The third-order valence-corrected chi connectivity index (χ3v) is 3.70. The van der Waals surface area contributed by atoms with E-state index in [1.165, 1.54) is 5.56 Å². The summed E-state index contributed by atoms with van der Waals surface area (Å²) in [6.07, 6.45) is 3.10. The van der Waals surface area contributed by atoms with Gasteiger partial charge in [0, 0.05) is 25.2 Å². The van der Waals surface area contributed by atoms with Gasteiger partial charge in [-0.15, -0.1) is 0 Å². The average Bonchev–Trinajstić information content (AvgIpc) is 2.81. The maximum Gasteiger partial charge on any atom is 0.152 e. The van der Waals surface area contributed by atoms with Crippen LogP contribution in [-0.4, -0.2) is 36.7 Å². The second-order valence-corrected chi connectivity index (χ2v) is 4.90. The zero-order valence-electron chi connectivity index (χ0n) is 10.2. The van der Waals surface area contributed by atoms with Gasteiger partial charge in [-0.25, -0.2) is 9.99 Å². The molecule has 1 saturated heterocycles. The first-order valence-electron chi connectivity index (χ1n) is 5.95. The summed E-state index contributed by atoms with van der Waals surface area (Å²) < 4.78 is 6.34. The van der Waals surface area contributed by atoms with Crippen LogP contribution in [0.5, 0.6) is 5.75 Å². The van der Waals surface area contributed by atoms with Crippen LogP contribution in [-0.2, 0) is 0 Å². The Morgan fingerprint density at radius 1 is 1.65 bits per heavy atom. The first kappa shape index (κ1) is 12.8. The zero-order chi connectivity index (χ0) is 12.3. The quantitative estimate of drug-likeness (QED) is 0.865. The van der Waals surface area contributed by atoms with E-state index in [2.05, 4.69) is 37.4 Å². The van der Waals surface area contributed by atoms with Crippen LogP contribution in [0.1, 0.15) is 24.8 Å². The fraction of sp³-hybridized carbons (Fsp3) is 0.583. The molecule has 1 aromatic rings. The molecule has 0 saturated carbocycles. The van der Waals surface area contributed by atoms with Crippen LogP contribution in [0.3, 0.4) is 0 Å². The lowest BCUT2D eigenvalue weighted by molar-refractivity contribution is 0.258. The predicted molar refractivity (Wildman–Crippen MR) is 71.1 cm³/mol. The zero-order valence-corrected chi connectivity index (χ0v) is 11.8. The number of pyridine rings is 1. The molecule has 5 heteroatoms. The smallest absolute Gasteiger partial charge is 0.152 e. The number of halogens is 1. The summed E-state index contributed by atoms with van der Waals surface area (Å²) in [5.41, 5.74) is 4.45. The normalized spacial score (nSPS) is 20.8. The van der Waals surface area contributed by atoms with Gasteiger partial charge in [0.15, 0.2) is 5.75 Å². The highest BCUT2D eigenvalue weighted by Gasteiger charge is 2.23. The molecule has 1 fully saturated rings. The molecule has 0 spiro atoms. The van der Waals surface area contributed by atoms with E-state index < -0.39 is 0 Å². The Bertz CT molecular complexity index is 386. The Morgan fingerprint density at radius 2 is 2.47 bits per heavy atom. The largest absolute Gasteiger partial charge is 0.491 e. The summed E-state index contributed by atoms with van der Waals surface area (Å²) in [6, 6.07) is 2.10. The summed E-state index contributed by atoms with van der Waals surface area (Å²) in [5.74, 6) is 1.38. The topological polar surface area (TPSA) is 37.4 Å². The van der Waals surface area contributed by atoms with Crippen LogP contribution >= 0.6 is 15.9 Å². The van der Waals surface area contributed by atoms with Gasteiger partial charge < -0.3 is 4.74 Å². The summed E-state index contributed by atoms with van der Waals surface area (Å²) in [6.45, 7) is 4.76. The lowest BCUT2D eigenvalue weighted by Crippen LogP contribution is -2.32. The third-order valence-electron chi connectivity index (χ3n) is 3.10. The molecule has 1 N–H and O–H groups in total. The molecule has 1 aliphatic rings. The van der Waals surface area contributed by atoms with E-state index >= 15 is 0 Å². The summed E-state index contributed by atoms with van der Waals surface area (Å²) in [7, 11) is 1.97. The molecule has 17 heavy (non-hydrogen) atoms. The minimum atomic E-state index is 0.544. The Kier molecular flexibility index (Phi) is 4.36. The fourth-order valence-electron chi connectivity index (χ4n) is 2.16. The molecule has 0 aliphatic carbocycles. The van der Waals surface area contributed by atoms with Crippen molar-refractivity contribution < 1.29 is 4.74 Å². The highest BCUT2D eigenvalue weighted by atomic mass is 79.9. The summed E-state index contributed by atoms with van der Waals surface area (Å²) >= 11 is 3.41. The van der Waals surface area contributed by atoms with Crippen LogP contribution in [0.15, 0.2) is 16.9 Å². The minimum Gasteiger partial charge on any atom is -0.491 e. The van der Waals surface area contributed by atoms with E-state index in [1.807, 2.05) is 20.2 Å². The van der Waals surface area contributed by atoms with Crippen molar-refractivity contribution in [2.24, 2.45) is 0 Å². The number of hydrogen-bond donors (Lipinski definition) is 1. The Labute approximate surface area is 110 Å². The third kappa shape index (κ3) is 2.97. The van der Waals surface area contributed by atoms with E-state index in [1.54, 1.807) is 0 Å². The second kappa shape index (κ2) is 5.80. The van der Waals surface area contributed by atoms with Crippen LogP contribution in [0, 0.1) is 0 Å². The summed E-state index contributed by atoms with van der Waals surface area (Å²) in [5, 5.41) is 2.23. The van der Waals surface area contributed by atoms with Crippen molar-refractivity contribution in [3.63, 3.8) is 0 Å². The molecule has 4 nitrogen and oxygen atoms in total. The Morgan fingerprint density at radius 3 is 3.12 bits per heavy atom. The first-order valence-corrected chi connectivity index (χ1v) is 6.74. The molecule has 94 valence electrons. The number of nitrogens with one attached hydrogen (secondary N) is 1. The molecule has 1 atom stereocenters. The SMILES string of the molecule is CCOc1cc([C@@H]2CCN(NC)C2)cnc1Br. The number of hydrogen-bond acceptors (Lipinski definition) is 4. The molecular formula is C12H18BrN3O. The lowest BCUT2D eigenvalue weighted by atomic mass is 10.0. The number of ether oxygens (including phenoxy) is 1. The van der Waals surface area contributed by atoms with Crippen LogP contribution in [0.25, 0.3) is 0 Å². The highest BCUT2D eigenvalue weighted by molar-refractivity contribution is 9.10. The van der Waals surface area contributed by atoms with Gasteiger partial charge in [0.25, 0.3) is 0 Å². The number of rotatable bonds is 4. The van der Waals surface area contributed by atoms with Gasteiger partial charge >= 0.3 is 0 Å². The van der Waals surface area contributed by atoms with Crippen molar-refractivity contribution >= 4 is 15.9 Å². The van der Waals surface area contributed by atoms with Crippen LogP contribution in [0.4, 0.5) is 0 Å². The Balaban J connectivity index is 2.13. The average molecular weight is 300 g/mol. The monoisotopic (exact) mass is 299 g/mol. The van der Waals surface area contributed by atoms with Crippen molar-refractivity contribution in [2.45, 2.75) is 19.3 Å². The van der Waals surface area contributed by atoms with E-state index in [-0.39, 0.29) is 0 Å². The van der Waals surface area contributed by atoms with Crippen molar-refractivity contribution in [3.8, 4) is 5.75 Å². The molecule has 0 aromatic carbocycles. The number of aromatic nitrogens is 1. The maximum atomic E-state index is 5.55. The van der Waals surface area contributed by atoms with Crippen molar-refractivity contribution in [2.75, 3.05) is 26.7 Å². The molecule has 0 amide bonds. The van der Waals surface area contributed by atoms with E-state index in [4.69, 9.17) is 4.74 Å². The fourth-order valence-corrected chi connectivity index (χ4v) is 2.49. The Hall–Kier alpha value is -0.650. The number of hydrazine groups is 1. The van der Waals surface area contributed by atoms with E-state index in [0.717, 1.165) is 29.9 Å². The van der Waals surface area contributed by atoms with Gasteiger partial charge in [-0.3, -0.25) is 5.43 Å². The standard InChI is InChI=1S/C12H18BrN3O/c1-3-17-11-6-10(7-15-12(11)13)9-4-5-16(8-9)14-2/h6-7,9,14H,3-5,8H2,1-2H3/t9-/m1/s1. The number of nitrogens with zero attached hydrogens (tertiary/aromatic N) is 2. The van der Waals surface area contributed by atoms with Gasteiger partial charge in [-0.1, -0.05) is 0 Å². The van der Waals surface area contributed by atoms with Gasteiger partial charge in [0.05, 0.1) is 6.61 Å². The highest BCUT2D eigenvalue weighted by Crippen LogP contribution is 2.31. The predicted octanol–water partition coefficient (Wildman–Crippen LogP) is 2.17. The summed E-state index contributed by atoms with van der Waals surface area (Å²) in [4.78, 5) is 4.35. The van der Waals surface area contributed by atoms with Crippen molar-refractivity contribution in [3.05, 3.63) is 22.4 Å². The van der Waals surface area contributed by atoms with Crippen molar-refractivity contribution in [1.29, 1.82) is 0 Å². The molecular weight excluding hydrogens is 282 g/mol. The molecule has 1 aliphatic heterocycles. The minimum absolute atomic E-state index is 0.544. The molecule has 0 bridgehead atoms. The maximum absolute atomic E-state index is 5.55. The van der Waals surface area contributed by atoms with Gasteiger partial charge in [-0.2, -0.15) is 0 Å². The van der Waals surface area contributed by atoms with E-state index in [9.17, 15) is 0 Å². The molecule has 2 heterocycles. The van der Waals surface area contributed by atoms with Crippen LogP contribution < -0.4 is 10.2 Å². The van der Waals surface area contributed by atoms with Crippen molar-refractivity contribution in [1.82, 2.24) is 15.4 Å². The molecule has 0 unspecified atom stereocenters. The van der Waals surface area contributed by atoms with Gasteiger partial charge in [-0.05, 0) is 48.0 Å². The molecule has 1 aromatic heterocycles. The molecule has 0 radical (unpaired) electrons. The lowest BCUT2D eigenvalue weighted by Gasteiger charge is -2.15. The van der Waals surface area contributed by atoms with Crippen LogP contribution in [0.2, 0.25) is 0 Å².